The second-order valence-electron chi connectivity index (χ2n) is 2.09. The number of nitrogens with zero attached hydrogens (tertiary/aromatic N) is 1. The standard InChI is InChI=1S/C7H9NO2/c1-5-6(9)2-3-8-4-7(5)10/h2,4,9-10H,3H2,1H3. The van der Waals surface area contributed by atoms with Gasteiger partial charge in [-0.25, -0.2) is 0 Å². The first-order valence-corrected chi connectivity index (χ1v) is 3.01. The summed E-state index contributed by atoms with van der Waals surface area (Å²) in [5.74, 6) is 0.140. The molecule has 0 radical (unpaired) electrons. The van der Waals surface area contributed by atoms with Gasteiger partial charge in [0.05, 0.1) is 12.8 Å². The Balaban J connectivity index is 3.02. The summed E-state index contributed by atoms with van der Waals surface area (Å²) in [6.07, 6.45) is 2.89. The van der Waals surface area contributed by atoms with Gasteiger partial charge in [-0.15, -0.1) is 0 Å². The molecule has 2 N–H and O–H groups in total. The average Bonchev–Trinajstić information content (AvgIpc) is 2.04. The fraction of sp³-hybridized carbons (Fsp3) is 0.286. The van der Waals surface area contributed by atoms with Crippen molar-refractivity contribution in [2.24, 2.45) is 4.99 Å². The molecule has 0 aromatic carbocycles. The summed E-state index contributed by atoms with van der Waals surface area (Å²) in [6, 6.07) is 0. The van der Waals surface area contributed by atoms with Gasteiger partial charge in [0.1, 0.15) is 11.5 Å². The van der Waals surface area contributed by atoms with Gasteiger partial charge in [0.2, 0.25) is 0 Å². The van der Waals surface area contributed by atoms with E-state index in [-0.39, 0.29) is 11.5 Å². The molecule has 3 nitrogen and oxygen atoms in total. The van der Waals surface area contributed by atoms with Crippen LogP contribution in [0, 0.1) is 0 Å². The van der Waals surface area contributed by atoms with Gasteiger partial charge in [-0.1, -0.05) is 0 Å². The summed E-state index contributed by atoms with van der Waals surface area (Å²) in [5.41, 5.74) is 0.473. The van der Waals surface area contributed by atoms with Crippen LogP contribution in [0.25, 0.3) is 0 Å². The van der Waals surface area contributed by atoms with Crippen molar-refractivity contribution in [1.82, 2.24) is 0 Å². The molecule has 0 atom stereocenters. The van der Waals surface area contributed by atoms with Crippen LogP contribution in [0.3, 0.4) is 0 Å². The summed E-state index contributed by atoms with van der Waals surface area (Å²) >= 11 is 0. The number of hydrogen-bond acceptors (Lipinski definition) is 3. The molecule has 0 saturated heterocycles. The van der Waals surface area contributed by atoms with Gasteiger partial charge in [0, 0.05) is 5.57 Å². The largest absolute Gasteiger partial charge is 0.508 e. The van der Waals surface area contributed by atoms with Crippen LogP contribution in [0.1, 0.15) is 6.92 Å². The Bertz CT molecular complexity index is 226. The van der Waals surface area contributed by atoms with E-state index in [0.29, 0.717) is 12.1 Å². The molecule has 1 aliphatic heterocycles. The molecule has 0 aromatic rings. The van der Waals surface area contributed by atoms with Crippen LogP contribution < -0.4 is 0 Å². The molecule has 0 saturated carbocycles. The topological polar surface area (TPSA) is 52.8 Å². The second kappa shape index (κ2) is 2.56. The van der Waals surface area contributed by atoms with Crippen molar-refractivity contribution in [3.05, 3.63) is 23.2 Å². The number of allylic oxidation sites excluding steroid dienone is 2. The van der Waals surface area contributed by atoms with E-state index in [4.69, 9.17) is 10.2 Å². The predicted octanol–water partition coefficient (Wildman–Crippen LogP) is 1.34. The molecule has 0 unspecified atom stereocenters. The number of hydrogen-bond donors (Lipinski definition) is 2. The summed E-state index contributed by atoms with van der Waals surface area (Å²) in [4.78, 5) is 3.78. The average molecular weight is 139 g/mol. The molecule has 0 aromatic heterocycles. The fourth-order valence-electron chi connectivity index (χ4n) is 0.659. The van der Waals surface area contributed by atoms with E-state index in [0.717, 1.165) is 0 Å². The quantitative estimate of drug-likeness (QED) is 0.532. The first-order valence-electron chi connectivity index (χ1n) is 3.01. The molecule has 3 heteroatoms. The monoisotopic (exact) mass is 139 g/mol. The fourth-order valence-corrected chi connectivity index (χ4v) is 0.659. The van der Waals surface area contributed by atoms with Gasteiger partial charge in [-0.3, -0.25) is 4.99 Å². The van der Waals surface area contributed by atoms with Crippen LogP contribution in [-0.2, 0) is 0 Å². The van der Waals surface area contributed by atoms with Crippen LogP contribution in [0.5, 0.6) is 0 Å². The van der Waals surface area contributed by atoms with Gasteiger partial charge < -0.3 is 10.2 Å². The van der Waals surface area contributed by atoms with E-state index in [1.54, 1.807) is 13.0 Å². The number of aliphatic imine (C=N–C) groups is 1. The minimum Gasteiger partial charge on any atom is -0.508 e. The smallest absolute Gasteiger partial charge is 0.139 e. The first-order chi connectivity index (χ1) is 4.72. The Morgan fingerprint density at radius 3 is 2.90 bits per heavy atom. The van der Waals surface area contributed by atoms with Crippen LogP contribution in [0.2, 0.25) is 0 Å². The zero-order valence-corrected chi connectivity index (χ0v) is 5.70. The minimum atomic E-state index is 0.0336. The van der Waals surface area contributed by atoms with E-state index in [2.05, 4.69) is 4.99 Å². The zero-order chi connectivity index (χ0) is 7.56. The van der Waals surface area contributed by atoms with Crippen molar-refractivity contribution in [3.8, 4) is 0 Å². The third-order valence-corrected chi connectivity index (χ3v) is 1.37. The number of aliphatic hydroxyl groups excluding tert-OH is 2. The Morgan fingerprint density at radius 1 is 1.50 bits per heavy atom. The lowest BCUT2D eigenvalue weighted by Crippen LogP contribution is -1.89. The Morgan fingerprint density at radius 2 is 2.20 bits per heavy atom. The Hall–Kier alpha value is -1.25. The predicted molar refractivity (Wildman–Crippen MR) is 39.4 cm³/mol. The molecule has 1 rings (SSSR count). The summed E-state index contributed by atoms with van der Waals surface area (Å²) in [5, 5.41) is 18.1. The van der Waals surface area contributed by atoms with Gasteiger partial charge in [0.25, 0.3) is 0 Å². The molecule has 0 amide bonds. The molecule has 0 aliphatic carbocycles. The molecule has 54 valence electrons. The molecular weight excluding hydrogens is 130 g/mol. The highest BCUT2D eigenvalue weighted by atomic mass is 16.3. The maximum Gasteiger partial charge on any atom is 0.139 e. The van der Waals surface area contributed by atoms with Gasteiger partial charge in [-0.05, 0) is 13.0 Å². The van der Waals surface area contributed by atoms with Crippen molar-refractivity contribution in [1.29, 1.82) is 0 Å². The van der Waals surface area contributed by atoms with E-state index >= 15 is 0 Å². The summed E-state index contributed by atoms with van der Waals surface area (Å²) < 4.78 is 0. The summed E-state index contributed by atoms with van der Waals surface area (Å²) in [6.45, 7) is 2.06. The molecular formula is C7H9NO2. The molecule has 1 aliphatic rings. The highest BCUT2D eigenvalue weighted by Crippen LogP contribution is 2.10. The van der Waals surface area contributed by atoms with Crippen molar-refractivity contribution in [3.63, 3.8) is 0 Å². The van der Waals surface area contributed by atoms with Crippen LogP contribution in [-0.4, -0.2) is 23.0 Å². The van der Waals surface area contributed by atoms with Crippen LogP contribution in [0.4, 0.5) is 0 Å². The number of rotatable bonds is 0. The molecule has 0 bridgehead atoms. The number of aliphatic hydroxyl groups is 2. The highest BCUT2D eigenvalue weighted by molar-refractivity contribution is 5.78. The lowest BCUT2D eigenvalue weighted by Gasteiger charge is -1.97. The highest BCUT2D eigenvalue weighted by Gasteiger charge is 2.04. The third kappa shape index (κ3) is 1.18. The Labute approximate surface area is 59.0 Å². The maximum absolute atomic E-state index is 9.09. The molecule has 1 heterocycles. The van der Waals surface area contributed by atoms with E-state index in [9.17, 15) is 0 Å². The van der Waals surface area contributed by atoms with E-state index in [1.165, 1.54) is 6.21 Å². The SMILES string of the molecule is CC1=C(O)C=NCC=C1O. The van der Waals surface area contributed by atoms with E-state index < -0.39 is 0 Å². The lowest BCUT2D eigenvalue weighted by molar-refractivity contribution is 0.399. The van der Waals surface area contributed by atoms with Crippen molar-refractivity contribution >= 4 is 6.21 Å². The second-order valence-corrected chi connectivity index (χ2v) is 2.09. The van der Waals surface area contributed by atoms with E-state index in [1.807, 2.05) is 0 Å². The molecule has 0 spiro atoms. The van der Waals surface area contributed by atoms with Crippen LogP contribution >= 0.6 is 0 Å². The maximum atomic E-state index is 9.09. The third-order valence-electron chi connectivity index (χ3n) is 1.37. The minimum absolute atomic E-state index is 0.0336. The first kappa shape index (κ1) is 6.86. The van der Waals surface area contributed by atoms with Crippen LogP contribution in [0.15, 0.2) is 28.2 Å². The van der Waals surface area contributed by atoms with Gasteiger partial charge in [0.15, 0.2) is 0 Å². The Kier molecular flexibility index (Phi) is 1.76. The van der Waals surface area contributed by atoms with Crippen molar-refractivity contribution < 1.29 is 10.2 Å². The van der Waals surface area contributed by atoms with Gasteiger partial charge in [-0.2, -0.15) is 0 Å². The molecule has 10 heavy (non-hydrogen) atoms. The van der Waals surface area contributed by atoms with Crippen molar-refractivity contribution in [2.75, 3.05) is 6.54 Å². The van der Waals surface area contributed by atoms with Gasteiger partial charge >= 0.3 is 0 Å². The normalized spacial score (nSPS) is 18.7. The lowest BCUT2D eigenvalue weighted by atomic mass is 10.2. The molecule has 0 fully saturated rings. The van der Waals surface area contributed by atoms with Crippen molar-refractivity contribution in [2.45, 2.75) is 6.92 Å². The zero-order valence-electron chi connectivity index (χ0n) is 5.70. The summed E-state index contributed by atoms with van der Waals surface area (Å²) in [7, 11) is 0.